The van der Waals surface area contributed by atoms with Crippen LogP contribution in [0, 0.1) is 6.92 Å². The summed E-state index contributed by atoms with van der Waals surface area (Å²) in [5.41, 5.74) is 1.70. The Morgan fingerprint density at radius 2 is 1.84 bits per heavy atom. The molecule has 1 fully saturated rings. The van der Waals surface area contributed by atoms with Gasteiger partial charge in [-0.1, -0.05) is 30.4 Å². The number of aryl methyl sites for hydroxylation is 1. The maximum atomic E-state index is 13.0. The first kappa shape index (κ1) is 22.3. The van der Waals surface area contributed by atoms with Crippen LogP contribution in [0.5, 0.6) is 11.5 Å². The number of amides is 4. The number of hydrogen-bond donors (Lipinski definition) is 1. The first-order valence-electron chi connectivity index (χ1n) is 9.53. The fourth-order valence-corrected chi connectivity index (χ4v) is 3.54. The maximum Gasteiger partial charge on any atom is 0.335 e. The minimum atomic E-state index is -0.791. The molecule has 31 heavy (non-hydrogen) atoms. The lowest BCUT2D eigenvalue weighted by Crippen LogP contribution is -2.54. The molecule has 160 valence electrons. The van der Waals surface area contributed by atoms with Gasteiger partial charge in [-0.15, -0.1) is 0 Å². The molecule has 4 amide bonds. The topological polar surface area (TPSA) is 84.9 Å². The summed E-state index contributed by atoms with van der Waals surface area (Å²) in [5, 5.41) is 2.22. The minimum absolute atomic E-state index is 0.172. The normalized spacial score (nSPS) is 15.1. The van der Waals surface area contributed by atoms with Crippen LogP contribution in [0.15, 0.2) is 59.1 Å². The highest BCUT2D eigenvalue weighted by Gasteiger charge is 2.36. The molecule has 1 aliphatic heterocycles. The molecule has 0 saturated carbocycles. The van der Waals surface area contributed by atoms with Gasteiger partial charge in [-0.25, -0.2) is 9.69 Å². The third-order valence-corrected chi connectivity index (χ3v) is 4.97. The molecule has 0 aromatic heterocycles. The Labute approximate surface area is 188 Å². The summed E-state index contributed by atoms with van der Waals surface area (Å²) in [7, 11) is 0. The second-order valence-corrected chi connectivity index (χ2v) is 7.51. The van der Waals surface area contributed by atoms with Crippen molar-refractivity contribution in [2.45, 2.75) is 13.8 Å². The van der Waals surface area contributed by atoms with Crippen LogP contribution in [0.3, 0.4) is 0 Å². The van der Waals surface area contributed by atoms with Crippen molar-refractivity contribution >= 4 is 45.5 Å². The van der Waals surface area contributed by atoms with Gasteiger partial charge in [0.05, 0.1) is 16.8 Å². The Morgan fingerprint density at radius 3 is 2.48 bits per heavy atom. The van der Waals surface area contributed by atoms with Crippen LogP contribution >= 0.6 is 15.9 Å². The van der Waals surface area contributed by atoms with Gasteiger partial charge in [0.2, 0.25) is 0 Å². The average molecular weight is 485 g/mol. The summed E-state index contributed by atoms with van der Waals surface area (Å²) in [6.45, 7) is 8.04. The molecule has 0 aliphatic carbocycles. The molecule has 3 rings (SSSR count). The maximum absolute atomic E-state index is 13.0. The van der Waals surface area contributed by atoms with Gasteiger partial charge in [0.15, 0.2) is 11.5 Å². The molecule has 7 nitrogen and oxygen atoms in total. The number of urea groups is 1. The standard InChI is InChI=1S/C23H21BrN2O5/c1-4-10-31-20-18(24)12-15(13-19(20)30-5-2)11-17-21(27)25-23(29)26(22(17)28)16-8-6-14(3)7-9-16/h4,6-9,11-13H,1,5,10H2,2-3H3,(H,25,27,29)/b17-11+. The van der Waals surface area contributed by atoms with Crippen molar-refractivity contribution in [3.8, 4) is 11.5 Å². The van der Waals surface area contributed by atoms with E-state index < -0.39 is 17.8 Å². The van der Waals surface area contributed by atoms with Crippen LogP contribution < -0.4 is 19.7 Å². The number of barbiturate groups is 1. The van der Waals surface area contributed by atoms with Crippen molar-refractivity contribution in [1.82, 2.24) is 5.32 Å². The Balaban J connectivity index is 2.01. The number of carbonyl (C=O) groups is 3. The zero-order valence-corrected chi connectivity index (χ0v) is 18.7. The van der Waals surface area contributed by atoms with Gasteiger partial charge in [-0.3, -0.25) is 14.9 Å². The molecule has 0 unspecified atom stereocenters. The molecule has 2 aromatic carbocycles. The summed E-state index contributed by atoms with van der Waals surface area (Å²) in [6, 6.07) is 9.42. The Kier molecular flexibility index (Phi) is 6.91. The summed E-state index contributed by atoms with van der Waals surface area (Å²) in [4.78, 5) is 38.7. The first-order chi connectivity index (χ1) is 14.8. The van der Waals surface area contributed by atoms with Crippen molar-refractivity contribution in [2.24, 2.45) is 0 Å². The minimum Gasteiger partial charge on any atom is -0.490 e. The lowest BCUT2D eigenvalue weighted by Gasteiger charge is -2.26. The number of imide groups is 2. The number of benzene rings is 2. The van der Waals surface area contributed by atoms with Crippen molar-refractivity contribution in [1.29, 1.82) is 0 Å². The molecule has 1 N–H and O–H groups in total. The molecular formula is C23H21BrN2O5. The van der Waals surface area contributed by atoms with E-state index in [2.05, 4.69) is 27.8 Å². The van der Waals surface area contributed by atoms with Gasteiger partial charge in [0, 0.05) is 0 Å². The van der Waals surface area contributed by atoms with E-state index in [9.17, 15) is 14.4 Å². The fraction of sp³-hybridized carbons (Fsp3) is 0.174. The van der Waals surface area contributed by atoms with Crippen LogP contribution in [0.4, 0.5) is 10.5 Å². The van der Waals surface area contributed by atoms with E-state index >= 15 is 0 Å². The SMILES string of the molecule is C=CCOc1c(Br)cc(/C=C2\C(=O)NC(=O)N(c3ccc(C)cc3)C2=O)cc1OCC. The monoisotopic (exact) mass is 484 g/mol. The van der Waals surface area contributed by atoms with E-state index in [0.717, 1.165) is 10.5 Å². The van der Waals surface area contributed by atoms with Crippen molar-refractivity contribution in [2.75, 3.05) is 18.1 Å². The van der Waals surface area contributed by atoms with Crippen molar-refractivity contribution in [3.63, 3.8) is 0 Å². The predicted octanol–water partition coefficient (Wildman–Crippen LogP) is 4.39. The van der Waals surface area contributed by atoms with Crippen LogP contribution in [0.1, 0.15) is 18.1 Å². The van der Waals surface area contributed by atoms with E-state index in [0.29, 0.717) is 33.8 Å². The second-order valence-electron chi connectivity index (χ2n) is 6.66. The third-order valence-electron chi connectivity index (χ3n) is 4.38. The fourth-order valence-electron chi connectivity index (χ4n) is 2.97. The van der Waals surface area contributed by atoms with Crippen LogP contribution in [-0.2, 0) is 9.59 Å². The highest BCUT2D eigenvalue weighted by molar-refractivity contribution is 9.10. The molecule has 8 heteroatoms. The number of rotatable bonds is 7. The molecule has 1 saturated heterocycles. The number of halogens is 1. The van der Waals surface area contributed by atoms with Gasteiger partial charge >= 0.3 is 6.03 Å². The Hall–Kier alpha value is -3.39. The summed E-state index contributed by atoms with van der Waals surface area (Å²) >= 11 is 3.44. The number of hydrogen-bond acceptors (Lipinski definition) is 5. The lowest BCUT2D eigenvalue weighted by molar-refractivity contribution is -0.122. The van der Waals surface area contributed by atoms with Crippen LogP contribution in [0.25, 0.3) is 6.08 Å². The molecular weight excluding hydrogens is 464 g/mol. The smallest absolute Gasteiger partial charge is 0.335 e. The second kappa shape index (κ2) is 9.61. The van der Waals surface area contributed by atoms with Crippen LogP contribution in [-0.4, -0.2) is 31.1 Å². The van der Waals surface area contributed by atoms with Crippen molar-refractivity contribution in [3.05, 3.63) is 70.2 Å². The largest absolute Gasteiger partial charge is 0.490 e. The van der Waals surface area contributed by atoms with E-state index in [-0.39, 0.29) is 12.2 Å². The number of carbonyl (C=O) groups excluding carboxylic acids is 3. The highest BCUT2D eigenvalue weighted by Crippen LogP contribution is 2.38. The number of ether oxygens (including phenoxy) is 2. The molecule has 1 aliphatic rings. The van der Waals surface area contributed by atoms with Gasteiger partial charge in [0.1, 0.15) is 12.2 Å². The Morgan fingerprint density at radius 1 is 1.13 bits per heavy atom. The zero-order valence-electron chi connectivity index (χ0n) is 17.1. The van der Waals surface area contributed by atoms with Crippen LogP contribution in [0.2, 0.25) is 0 Å². The lowest BCUT2D eigenvalue weighted by atomic mass is 10.1. The Bertz CT molecular complexity index is 1080. The van der Waals surface area contributed by atoms with Gasteiger partial charge in [0.25, 0.3) is 11.8 Å². The van der Waals surface area contributed by atoms with Gasteiger partial charge in [-0.05, 0) is 65.7 Å². The predicted molar refractivity (Wildman–Crippen MR) is 121 cm³/mol. The van der Waals surface area contributed by atoms with Gasteiger partial charge < -0.3 is 9.47 Å². The first-order valence-corrected chi connectivity index (χ1v) is 10.3. The summed E-state index contributed by atoms with van der Waals surface area (Å²) in [5.74, 6) is -0.543. The molecule has 2 aromatic rings. The number of nitrogens with one attached hydrogen (secondary N) is 1. The summed E-state index contributed by atoms with van der Waals surface area (Å²) < 4.78 is 11.9. The number of nitrogens with zero attached hydrogens (tertiary/aromatic N) is 1. The van der Waals surface area contributed by atoms with E-state index in [1.807, 2.05) is 13.8 Å². The number of anilines is 1. The third kappa shape index (κ3) is 4.86. The summed E-state index contributed by atoms with van der Waals surface area (Å²) in [6.07, 6.45) is 3.02. The van der Waals surface area contributed by atoms with E-state index in [1.165, 1.54) is 6.08 Å². The van der Waals surface area contributed by atoms with Crippen molar-refractivity contribution < 1.29 is 23.9 Å². The quantitative estimate of drug-likeness (QED) is 0.357. The average Bonchev–Trinajstić information content (AvgIpc) is 2.72. The van der Waals surface area contributed by atoms with E-state index in [1.54, 1.807) is 42.5 Å². The molecule has 0 radical (unpaired) electrons. The molecule has 0 atom stereocenters. The van der Waals surface area contributed by atoms with E-state index in [4.69, 9.17) is 9.47 Å². The van der Waals surface area contributed by atoms with Gasteiger partial charge in [-0.2, -0.15) is 0 Å². The molecule has 1 heterocycles. The zero-order chi connectivity index (χ0) is 22.5. The highest BCUT2D eigenvalue weighted by atomic mass is 79.9. The molecule has 0 bridgehead atoms. The molecule has 0 spiro atoms.